The van der Waals surface area contributed by atoms with E-state index in [1.807, 2.05) is 0 Å². The molecule has 0 unspecified atom stereocenters. The van der Waals surface area contributed by atoms with Crippen LogP contribution in [0.4, 0.5) is 0 Å². The molecule has 0 aliphatic carbocycles. The third-order valence-corrected chi connectivity index (χ3v) is 3.26. The highest BCUT2D eigenvalue weighted by molar-refractivity contribution is 9.10. The van der Waals surface area contributed by atoms with E-state index in [0.29, 0.717) is 4.47 Å². The predicted octanol–water partition coefficient (Wildman–Crippen LogP) is 1.15. The fourth-order valence-corrected chi connectivity index (χ4v) is 1.85. The molecule has 1 heterocycles. The van der Waals surface area contributed by atoms with Crippen LogP contribution in [0.25, 0.3) is 11.0 Å². The summed E-state index contributed by atoms with van der Waals surface area (Å²) in [4.78, 5) is 35.5. The Kier molecular flexibility index (Phi) is 2.76. The van der Waals surface area contributed by atoms with E-state index in [0.717, 1.165) is 0 Å². The number of nitrogens with one attached hydrogen (secondary N) is 1. The molecule has 9 heteroatoms. The Morgan fingerprint density at radius 1 is 1.41 bits per heavy atom. The van der Waals surface area contributed by atoms with Crippen LogP contribution in [0.15, 0.2) is 26.2 Å². The maximum atomic E-state index is 11.3. The maximum absolute atomic E-state index is 11.3. The van der Waals surface area contributed by atoms with Gasteiger partial charge in [0.15, 0.2) is 5.03 Å². The summed E-state index contributed by atoms with van der Waals surface area (Å²) in [5.74, 6) is 0. The van der Waals surface area contributed by atoms with Crippen molar-refractivity contribution < 1.29 is 5.03 Å². The zero-order valence-corrected chi connectivity index (χ0v) is 10.3. The van der Waals surface area contributed by atoms with Crippen LogP contribution in [-0.4, -0.2) is 14.7 Å². The number of aromatic amines is 1. The number of halogens is 2. The van der Waals surface area contributed by atoms with E-state index in [-0.39, 0.29) is 20.7 Å². The molecule has 1 N–H and O–H groups in total. The largest absolute Gasteiger partial charge is 0.377 e. The quantitative estimate of drug-likeness (QED) is 0.484. The topological polar surface area (TPSA) is 98.0 Å². The predicted molar refractivity (Wildman–Crippen MR) is 63.9 cm³/mol. The maximum Gasteiger partial charge on any atom is 0.377 e. The second kappa shape index (κ2) is 3.97. The SMILES string of the molecule is O=c1[nH]c2cc(Cl)c(Br)cc2n([N+](=O)[O-])c1=O. The number of fused-ring (bicyclic) bond motifs is 1. The number of hydrogen-bond acceptors (Lipinski definition) is 4. The Balaban J connectivity index is 3.09. The van der Waals surface area contributed by atoms with Crippen molar-refractivity contribution in [2.24, 2.45) is 0 Å². The molecule has 0 aliphatic rings. The van der Waals surface area contributed by atoms with E-state index >= 15 is 0 Å². The molecule has 0 bridgehead atoms. The van der Waals surface area contributed by atoms with Crippen molar-refractivity contribution in [1.82, 2.24) is 9.66 Å². The van der Waals surface area contributed by atoms with Crippen molar-refractivity contribution in [3.05, 3.63) is 52.5 Å². The highest BCUT2D eigenvalue weighted by Gasteiger charge is 2.17. The van der Waals surface area contributed by atoms with Gasteiger partial charge in [0.05, 0.1) is 10.5 Å². The molecule has 0 spiro atoms. The summed E-state index contributed by atoms with van der Waals surface area (Å²) >= 11 is 8.87. The zero-order valence-electron chi connectivity index (χ0n) is 7.94. The fraction of sp³-hybridized carbons (Fsp3) is 0. The van der Waals surface area contributed by atoms with Crippen LogP contribution in [0.2, 0.25) is 5.02 Å². The van der Waals surface area contributed by atoms with Gasteiger partial charge in [0.2, 0.25) is 0 Å². The van der Waals surface area contributed by atoms with Crippen molar-refractivity contribution >= 4 is 38.6 Å². The van der Waals surface area contributed by atoms with Crippen molar-refractivity contribution in [1.29, 1.82) is 0 Å². The molecule has 2 aromatic rings. The first-order valence-corrected chi connectivity index (χ1v) is 5.37. The molecular formula is C8H3BrClN3O4. The van der Waals surface area contributed by atoms with Gasteiger partial charge < -0.3 is 4.98 Å². The molecule has 0 saturated carbocycles. The van der Waals surface area contributed by atoms with E-state index in [4.69, 9.17) is 11.6 Å². The van der Waals surface area contributed by atoms with Crippen LogP contribution in [-0.2, 0) is 0 Å². The summed E-state index contributed by atoms with van der Waals surface area (Å²) < 4.78 is 0.559. The molecule has 7 nitrogen and oxygen atoms in total. The lowest BCUT2D eigenvalue weighted by Gasteiger charge is -2.02. The zero-order chi connectivity index (χ0) is 12.7. The van der Waals surface area contributed by atoms with Crippen LogP contribution in [0.1, 0.15) is 0 Å². The molecule has 88 valence electrons. The number of nitro groups is 1. The van der Waals surface area contributed by atoms with Crippen molar-refractivity contribution in [2.75, 3.05) is 0 Å². The number of rotatable bonds is 1. The van der Waals surface area contributed by atoms with Crippen LogP contribution >= 0.6 is 27.5 Å². The average molecular weight is 320 g/mol. The van der Waals surface area contributed by atoms with Crippen molar-refractivity contribution in [3.63, 3.8) is 0 Å². The summed E-state index contributed by atoms with van der Waals surface area (Å²) in [7, 11) is 0. The summed E-state index contributed by atoms with van der Waals surface area (Å²) in [6.07, 6.45) is 0. The minimum atomic E-state index is -1.25. The number of benzene rings is 1. The molecule has 0 atom stereocenters. The molecule has 0 radical (unpaired) electrons. The minimum Gasteiger partial charge on any atom is -0.315 e. The Labute approximate surface area is 106 Å². The Hall–Kier alpha value is -1.67. The normalized spacial score (nSPS) is 10.7. The molecule has 17 heavy (non-hydrogen) atoms. The number of H-pyrrole nitrogens is 1. The highest BCUT2D eigenvalue weighted by Crippen LogP contribution is 2.26. The molecule has 1 aromatic carbocycles. The monoisotopic (exact) mass is 319 g/mol. The Bertz CT molecular complexity index is 751. The standard InChI is InChI=1S/C8H3BrClN3O4/c9-3-1-6-5(2-4(3)10)11-7(14)8(15)12(6)13(16)17/h1-2H,(H,11,14). The van der Waals surface area contributed by atoms with Crippen LogP contribution < -0.4 is 11.1 Å². The molecule has 1 aromatic heterocycles. The molecule has 0 fully saturated rings. The minimum absolute atomic E-state index is 0.0455. The fourth-order valence-electron chi connectivity index (χ4n) is 1.36. The highest BCUT2D eigenvalue weighted by atomic mass is 79.9. The van der Waals surface area contributed by atoms with Crippen LogP contribution in [0.3, 0.4) is 0 Å². The first-order valence-electron chi connectivity index (χ1n) is 4.20. The van der Waals surface area contributed by atoms with Gasteiger partial charge in [0, 0.05) is 4.47 Å². The third-order valence-electron chi connectivity index (χ3n) is 2.06. The Morgan fingerprint density at radius 2 is 2.06 bits per heavy atom. The lowest BCUT2D eigenvalue weighted by atomic mass is 10.3. The molecule has 0 saturated heterocycles. The molecule has 0 amide bonds. The van der Waals surface area contributed by atoms with Crippen molar-refractivity contribution in [2.45, 2.75) is 0 Å². The van der Waals surface area contributed by atoms with Gasteiger partial charge in [0.25, 0.3) is 0 Å². The van der Waals surface area contributed by atoms with E-state index in [9.17, 15) is 19.7 Å². The number of aromatic nitrogens is 2. The van der Waals surface area contributed by atoms with Crippen molar-refractivity contribution in [3.8, 4) is 0 Å². The van der Waals surface area contributed by atoms with E-state index in [1.54, 1.807) is 0 Å². The summed E-state index contributed by atoms with van der Waals surface area (Å²) in [5.41, 5.74) is -2.26. The van der Waals surface area contributed by atoms with Gasteiger partial charge in [-0.2, -0.15) is 0 Å². The first kappa shape index (κ1) is 11.8. The number of hydrogen-bond donors (Lipinski definition) is 1. The Morgan fingerprint density at radius 3 is 2.65 bits per heavy atom. The summed E-state index contributed by atoms with van der Waals surface area (Å²) in [6.45, 7) is 0. The van der Waals surface area contributed by atoms with Gasteiger partial charge >= 0.3 is 11.1 Å². The van der Waals surface area contributed by atoms with E-state index in [1.165, 1.54) is 12.1 Å². The second-order valence-electron chi connectivity index (χ2n) is 3.09. The van der Waals surface area contributed by atoms with Gasteiger partial charge in [-0.1, -0.05) is 11.6 Å². The number of nitrogens with zero attached hydrogens (tertiary/aromatic N) is 2. The summed E-state index contributed by atoms with van der Waals surface area (Å²) in [5, 5.41) is 10.1. The van der Waals surface area contributed by atoms with E-state index in [2.05, 4.69) is 20.9 Å². The molecular weight excluding hydrogens is 317 g/mol. The second-order valence-corrected chi connectivity index (χ2v) is 4.35. The molecule has 0 aliphatic heterocycles. The molecule has 2 rings (SSSR count). The van der Waals surface area contributed by atoms with Gasteiger partial charge in [0.1, 0.15) is 5.52 Å². The van der Waals surface area contributed by atoms with Gasteiger partial charge in [-0.15, -0.1) is 0 Å². The van der Waals surface area contributed by atoms with Crippen LogP contribution in [0, 0.1) is 10.1 Å². The van der Waals surface area contributed by atoms with E-state index < -0.39 is 16.2 Å². The first-order chi connectivity index (χ1) is 7.91. The van der Waals surface area contributed by atoms with Gasteiger partial charge in [-0.25, -0.2) is 10.1 Å². The van der Waals surface area contributed by atoms with Gasteiger partial charge in [-0.3, -0.25) is 9.59 Å². The average Bonchev–Trinajstić information content (AvgIpc) is 2.23. The lowest BCUT2D eigenvalue weighted by molar-refractivity contribution is -0.540. The third kappa shape index (κ3) is 1.85. The van der Waals surface area contributed by atoms with Crippen LogP contribution in [0.5, 0.6) is 0 Å². The smallest absolute Gasteiger partial charge is 0.315 e. The summed E-state index contributed by atoms with van der Waals surface area (Å²) in [6, 6.07) is 2.61. The van der Waals surface area contributed by atoms with Gasteiger partial charge in [-0.05, 0) is 32.7 Å². The lowest BCUT2D eigenvalue weighted by Crippen LogP contribution is -2.39.